The second kappa shape index (κ2) is 5.67. The molecular formula is C13H20N2OS. The normalized spacial score (nSPS) is 13.5. The molecule has 0 aromatic heterocycles. The Balaban J connectivity index is 2.60. The molecule has 17 heavy (non-hydrogen) atoms. The van der Waals surface area contributed by atoms with Crippen molar-refractivity contribution >= 4 is 16.9 Å². The van der Waals surface area contributed by atoms with Crippen LogP contribution in [0.4, 0.5) is 0 Å². The SMILES string of the molecule is Cc1ccccc1C(=O)SCC(N)C(C)(C)N. The molecule has 94 valence electrons. The van der Waals surface area contributed by atoms with E-state index in [1.807, 2.05) is 45.0 Å². The number of thioether (sulfide) groups is 1. The van der Waals surface area contributed by atoms with Gasteiger partial charge >= 0.3 is 0 Å². The van der Waals surface area contributed by atoms with Crippen LogP contribution in [0.5, 0.6) is 0 Å². The van der Waals surface area contributed by atoms with Crippen LogP contribution in [0.3, 0.4) is 0 Å². The van der Waals surface area contributed by atoms with Crippen LogP contribution in [0, 0.1) is 6.92 Å². The molecule has 0 aliphatic heterocycles. The average molecular weight is 252 g/mol. The Morgan fingerprint density at radius 1 is 1.41 bits per heavy atom. The van der Waals surface area contributed by atoms with Crippen LogP contribution in [0.15, 0.2) is 24.3 Å². The standard InChI is InChI=1S/C13H20N2OS/c1-9-6-4-5-7-10(9)12(16)17-8-11(14)13(2,3)15/h4-7,11H,8,14-15H2,1-3H3. The molecule has 1 unspecified atom stereocenters. The Morgan fingerprint density at radius 2 is 2.00 bits per heavy atom. The van der Waals surface area contributed by atoms with Crippen LogP contribution in [0.1, 0.15) is 29.8 Å². The number of hydrogen-bond donors (Lipinski definition) is 2. The summed E-state index contributed by atoms with van der Waals surface area (Å²) in [6, 6.07) is 7.36. The number of hydrogen-bond acceptors (Lipinski definition) is 4. The molecule has 0 fully saturated rings. The van der Waals surface area contributed by atoms with Gasteiger partial charge in [0.1, 0.15) is 0 Å². The molecule has 1 aromatic carbocycles. The van der Waals surface area contributed by atoms with Gasteiger partial charge in [0.2, 0.25) is 5.12 Å². The molecule has 0 aliphatic rings. The number of aryl methyl sites for hydroxylation is 1. The minimum absolute atomic E-state index is 0.0581. The molecule has 0 saturated heterocycles. The zero-order valence-corrected chi connectivity index (χ0v) is 11.4. The third kappa shape index (κ3) is 4.15. The van der Waals surface area contributed by atoms with E-state index in [9.17, 15) is 4.79 Å². The summed E-state index contributed by atoms with van der Waals surface area (Å²) >= 11 is 1.23. The maximum Gasteiger partial charge on any atom is 0.219 e. The van der Waals surface area contributed by atoms with Crippen molar-refractivity contribution in [1.29, 1.82) is 0 Å². The molecule has 1 aromatic rings. The molecule has 0 amide bonds. The van der Waals surface area contributed by atoms with Crippen LogP contribution in [-0.2, 0) is 0 Å². The monoisotopic (exact) mass is 252 g/mol. The molecule has 4 heteroatoms. The summed E-state index contributed by atoms with van der Waals surface area (Å²) in [5, 5.41) is 0.0581. The zero-order chi connectivity index (χ0) is 13.1. The highest BCUT2D eigenvalue weighted by Crippen LogP contribution is 2.18. The summed E-state index contributed by atoms with van der Waals surface area (Å²) in [4.78, 5) is 12.0. The number of nitrogens with two attached hydrogens (primary N) is 2. The van der Waals surface area contributed by atoms with Gasteiger partial charge in [0.15, 0.2) is 0 Å². The zero-order valence-electron chi connectivity index (χ0n) is 10.6. The van der Waals surface area contributed by atoms with E-state index in [0.29, 0.717) is 5.75 Å². The van der Waals surface area contributed by atoms with E-state index < -0.39 is 5.54 Å². The van der Waals surface area contributed by atoms with Crippen LogP contribution < -0.4 is 11.5 Å². The van der Waals surface area contributed by atoms with Crippen LogP contribution in [0.2, 0.25) is 0 Å². The Hall–Kier alpha value is -0.840. The van der Waals surface area contributed by atoms with Crippen LogP contribution in [0.25, 0.3) is 0 Å². The minimum atomic E-state index is -0.459. The van der Waals surface area contributed by atoms with Gasteiger partial charge in [-0.25, -0.2) is 0 Å². The van der Waals surface area contributed by atoms with E-state index in [-0.39, 0.29) is 11.2 Å². The van der Waals surface area contributed by atoms with Crippen molar-refractivity contribution < 1.29 is 4.79 Å². The Bertz CT molecular complexity index is 399. The fraction of sp³-hybridized carbons (Fsp3) is 0.462. The van der Waals surface area contributed by atoms with Gasteiger partial charge in [0, 0.05) is 22.9 Å². The van der Waals surface area contributed by atoms with Crippen molar-refractivity contribution in [3.63, 3.8) is 0 Å². The molecule has 0 heterocycles. The van der Waals surface area contributed by atoms with Gasteiger partial charge in [0.05, 0.1) is 0 Å². The molecule has 0 saturated carbocycles. The first-order valence-electron chi connectivity index (χ1n) is 5.59. The van der Waals surface area contributed by atoms with Crippen molar-refractivity contribution in [2.24, 2.45) is 11.5 Å². The molecule has 4 N–H and O–H groups in total. The highest BCUT2D eigenvalue weighted by molar-refractivity contribution is 8.14. The fourth-order valence-corrected chi connectivity index (χ4v) is 2.40. The van der Waals surface area contributed by atoms with Gasteiger partial charge in [-0.15, -0.1) is 0 Å². The van der Waals surface area contributed by atoms with E-state index >= 15 is 0 Å². The fourth-order valence-electron chi connectivity index (χ4n) is 1.26. The lowest BCUT2D eigenvalue weighted by molar-refractivity contribution is 0.108. The third-order valence-corrected chi connectivity index (χ3v) is 3.72. The van der Waals surface area contributed by atoms with Gasteiger partial charge in [-0.1, -0.05) is 36.0 Å². The summed E-state index contributed by atoms with van der Waals surface area (Å²) < 4.78 is 0. The van der Waals surface area contributed by atoms with Crippen LogP contribution >= 0.6 is 11.8 Å². The van der Waals surface area contributed by atoms with Gasteiger partial charge in [0.25, 0.3) is 0 Å². The van der Waals surface area contributed by atoms with Crippen molar-refractivity contribution in [3.05, 3.63) is 35.4 Å². The average Bonchev–Trinajstić information content (AvgIpc) is 2.24. The third-order valence-electron chi connectivity index (χ3n) is 2.71. The molecule has 1 atom stereocenters. The van der Waals surface area contributed by atoms with Crippen LogP contribution in [-0.4, -0.2) is 22.4 Å². The molecule has 0 bridgehead atoms. The highest BCUT2D eigenvalue weighted by atomic mass is 32.2. The maximum atomic E-state index is 12.0. The lowest BCUT2D eigenvalue weighted by Gasteiger charge is -2.26. The number of carbonyl (C=O) groups is 1. The van der Waals surface area contributed by atoms with Gasteiger partial charge in [-0.05, 0) is 26.3 Å². The Labute approximate surface area is 107 Å². The molecule has 0 aliphatic carbocycles. The van der Waals surface area contributed by atoms with Gasteiger partial charge in [-0.2, -0.15) is 0 Å². The maximum absolute atomic E-state index is 12.0. The smallest absolute Gasteiger partial charge is 0.219 e. The first-order chi connectivity index (χ1) is 7.82. The molecule has 0 radical (unpaired) electrons. The second-order valence-corrected chi connectivity index (χ2v) is 5.83. The Kier molecular flexibility index (Phi) is 4.74. The van der Waals surface area contributed by atoms with Crippen molar-refractivity contribution in [2.45, 2.75) is 32.4 Å². The second-order valence-electron chi connectivity index (χ2n) is 4.84. The highest BCUT2D eigenvalue weighted by Gasteiger charge is 2.22. The summed E-state index contributed by atoms with van der Waals surface area (Å²) in [5.41, 5.74) is 13.1. The first kappa shape index (κ1) is 14.2. The Morgan fingerprint density at radius 3 is 2.53 bits per heavy atom. The molecule has 1 rings (SSSR count). The summed E-state index contributed by atoms with van der Waals surface area (Å²) in [5.74, 6) is 0.538. The number of benzene rings is 1. The van der Waals surface area contributed by atoms with Gasteiger partial charge in [-0.3, -0.25) is 4.79 Å². The molecular weight excluding hydrogens is 232 g/mol. The molecule has 3 nitrogen and oxygen atoms in total. The minimum Gasteiger partial charge on any atom is -0.325 e. The lowest BCUT2D eigenvalue weighted by atomic mass is 9.99. The molecule has 0 spiro atoms. The van der Waals surface area contributed by atoms with E-state index in [2.05, 4.69) is 0 Å². The number of rotatable bonds is 4. The van der Waals surface area contributed by atoms with E-state index in [1.54, 1.807) is 0 Å². The first-order valence-corrected chi connectivity index (χ1v) is 6.58. The predicted molar refractivity (Wildman–Crippen MR) is 74.2 cm³/mol. The summed E-state index contributed by atoms with van der Waals surface area (Å²) in [6.45, 7) is 5.67. The van der Waals surface area contributed by atoms with Crippen molar-refractivity contribution in [3.8, 4) is 0 Å². The predicted octanol–water partition coefficient (Wildman–Crippen LogP) is 1.93. The summed E-state index contributed by atoms with van der Waals surface area (Å²) in [6.07, 6.45) is 0. The van der Waals surface area contributed by atoms with Crippen molar-refractivity contribution in [1.82, 2.24) is 0 Å². The number of carbonyl (C=O) groups excluding carboxylic acids is 1. The van der Waals surface area contributed by atoms with Crippen molar-refractivity contribution in [2.75, 3.05) is 5.75 Å². The topological polar surface area (TPSA) is 69.1 Å². The van der Waals surface area contributed by atoms with E-state index in [1.165, 1.54) is 11.8 Å². The largest absolute Gasteiger partial charge is 0.325 e. The quantitative estimate of drug-likeness (QED) is 0.859. The van der Waals surface area contributed by atoms with Gasteiger partial charge < -0.3 is 11.5 Å². The lowest BCUT2D eigenvalue weighted by Crippen LogP contribution is -2.52. The van der Waals surface area contributed by atoms with E-state index in [4.69, 9.17) is 11.5 Å². The summed E-state index contributed by atoms with van der Waals surface area (Å²) in [7, 11) is 0. The van der Waals surface area contributed by atoms with E-state index in [0.717, 1.165) is 11.1 Å².